The van der Waals surface area contributed by atoms with Gasteiger partial charge in [-0.15, -0.1) is 0 Å². The minimum absolute atomic E-state index is 0.235. The molecular formula is C17H19NO3S2. The Balaban J connectivity index is 2.19. The third-order valence-electron chi connectivity index (χ3n) is 4.01. The molecule has 0 saturated heterocycles. The molecular weight excluding hydrogens is 330 g/mol. The van der Waals surface area contributed by atoms with Crippen LogP contribution >= 0.6 is 0 Å². The topological polar surface area (TPSA) is 54.5 Å². The first kappa shape index (κ1) is 16.2. The summed E-state index contributed by atoms with van der Waals surface area (Å²) in [4.78, 5) is 0.940. The molecule has 2 aromatic carbocycles. The van der Waals surface area contributed by atoms with Gasteiger partial charge >= 0.3 is 0 Å². The summed E-state index contributed by atoms with van der Waals surface area (Å²) in [6.45, 7) is 5.83. The third kappa shape index (κ3) is 2.70. The van der Waals surface area contributed by atoms with E-state index in [1.807, 2.05) is 32.9 Å². The van der Waals surface area contributed by atoms with Crippen LogP contribution in [0.1, 0.15) is 16.7 Å². The normalized spacial score (nSPS) is 17.9. The molecule has 0 bridgehead atoms. The van der Waals surface area contributed by atoms with Crippen LogP contribution in [-0.2, 0) is 20.8 Å². The largest absolute Gasteiger partial charge is 0.264 e. The fraction of sp³-hybridized carbons (Fsp3) is 0.294. The number of rotatable bonds is 2. The predicted octanol–water partition coefficient (Wildman–Crippen LogP) is 2.93. The predicted molar refractivity (Wildman–Crippen MR) is 92.9 cm³/mol. The number of anilines is 1. The van der Waals surface area contributed by atoms with E-state index < -0.39 is 20.8 Å². The molecule has 1 atom stereocenters. The van der Waals surface area contributed by atoms with Crippen molar-refractivity contribution >= 4 is 26.5 Å². The van der Waals surface area contributed by atoms with E-state index in [4.69, 9.17) is 0 Å². The van der Waals surface area contributed by atoms with Gasteiger partial charge in [-0.25, -0.2) is 8.42 Å². The number of aryl methyl sites for hydroxylation is 3. The molecule has 1 aliphatic rings. The number of sulfonamides is 1. The molecule has 6 heteroatoms. The van der Waals surface area contributed by atoms with Crippen LogP contribution in [0, 0.1) is 20.8 Å². The summed E-state index contributed by atoms with van der Waals surface area (Å²) in [6.07, 6.45) is 0. The maximum atomic E-state index is 13.2. The monoisotopic (exact) mass is 349 g/mol. The van der Waals surface area contributed by atoms with E-state index in [-0.39, 0.29) is 6.54 Å². The number of hydrogen-bond acceptors (Lipinski definition) is 3. The Bertz CT molecular complexity index is 881. The molecule has 1 heterocycles. The van der Waals surface area contributed by atoms with Gasteiger partial charge in [-0.2, -0.15) is 0 Å². The highest BCUT2D eigenvalue weighted by Crippen LogP contribution is 2.34. The Kier molecular flexibility index (Phi) is 4.06. The van der Waals surface area contributed by atoms with Gasteiger partial charge in [0, 0.05) is 12.3 Å². The first-order valence-corrected chi connectivity index (χ1v) is 10.2. The lowest BCUT2D eigenvalue weighted by atomic mass is 10.1. The zero-order chi connectivity index (χ0) is 16.8. The molecule has 4 nitrogen and oxygen atoms in total. The van der Waals surface area contributed by atoms with E-state index in [0.29, 0.717) is 21.2 Å². The summed E-state index contributed by atoms with van der Waals surface area (Å²) < 4.78 is 40.0. The van der Waals surface area contributed by atoms with Crippen molar-refractivity contribution in [3.63, 3.8) is 0 Å². The molecule has 0 aromatic heterocycles. The minimum atomic E-state index is -3.68. The average molecular weight is 349 g/mol. The molecule has 0 spiro atoms. The van der Waals surface area contributed by atoms with Crippen LogP contribution in [0.4, 0.5) is 5.69 Å². The molecule has 1 unspecified atom stereocenters. The van der Waals surface area contributed by atoms with Crippen LogP contribution in [0.2, 0.25) is 0 Å². The summed E-state index contributed by atoms with van der Waals surface area (Å²) in [5, 5.41) is 0. The van der Waals surface area contributed by atoms with Gasteiger partial charge < -0.3 is 0 Å². The van der Waals surface area contributed by atoms with Gasteiger partial charge in [0.2, 0.25) is 0 Å². The molecule has 0 radical (unpaired) electrons. The van der Waals surface area contributed by atoms with Crippen LogP contribution in [0.5, 0.6) is 0 Å². The smallest absolute Gasteiger partial charge is 0.264 e. The second-order valence-corrected chi connectivity index (χ2v) is 9.16. The van der Waals surface area contributed by atoms with Crippen molar-refractivity contribution in [3.8, 4) is 0 Å². The lowest BCUT2D eigenvalue weighted by Gasteiger charge is -2.31. The van der Waals surface area contributed by atoms with E-state index in [0.717, 1.165) is 16.7 Å². The minimum Gasteiger partial charge on any atom is -0.264 e. The van der Waals surface area contributed by atoms with Crippen LogP contribution in [0.3, 0.4) is 0 Å². The second-order valence-electron chi connectivity index (χ2n) is 5.82. The van der Waals surface area contributed by atoms with Crippen molar-refractivity contribution in [1.82, 2.24) is 0 Å². The highest BCUT2D eigenvalue weighted by Gasteiger charge is 2.33. The molecule has 3 rings (SSSR count). The molecule has 23 heavy (non-hydrogen) atoms. The molecule has 0 aliphatic carbocycles. The van der Waals surface area contributed by atoms with Gasteiger partial charge in [-0.1, -0.05) is 29.8 Å². The maximum Gasteiger partial charge on any atom is 0.264 e. The lowest BCUT2D eigenvalue weighted by Crippen LogP contribution is -2.38. The van der Waals surface area contributed by atoms with Gasteiger partial charge in [-0.05, 0) is 44.0 Å². The number of fused-ring (bicyclic) bond motifs is 1. The summed E-state index contributed by atoms with van der Waals surface area (Å²) in [6, 6.07) is 10.8. The SMILES string of the molecule is Cc1cc(C)c(S(=O)(=O)N2CCS(=O)c3ccccc32)c(C)c1. The van der Waals surface area contributed by atoms with E-state index in [2.05, 4.69) is 0 Å². The number of para-hydroxylation sites is 1. The van der Waals surface area contributed by atoms with E-state index in [1.54, 1.807) is 24.3 Å². The van der Waals surface area contributed by atoms with Gasteiger partial charge in [0.1, 0.15) is 0 Å². The molecule has 1 aliphatic heterocycles. The van der Waals surface area contributed by atoms with Crippen molar-refractivity contribution in [2.75, 3.05) is 16.6 Å². The van der Waals surface area contributed by atoms with E-state index in [9.17, 15) is 12.6 Å². The summed E-state index contributed by atoms with van der Waals surface area (Å²) in [5.74, 6) is 0.320. The number of benzene rings is 2. The number of nitrogens with zero attached hydrogens (tertiary/aromatic N) is 1. The highest BCUT2D eigenvalue weighted by atomic mass is 32.2. The summed E-state index contributed by atoms with van der Waals surface area (Å²) in [5.41, 5.74) is 3.05. The Labute approximate surface area is 139 Å². The molecule has 0 fully saturated rings. The quantitative estimate of drug-likeness (QED) is 0.838. The fourth-order valence-corrected chi connectivity index (χ4v) is 6.47. The van der Waals surface area contributed by atoms with Crippen LogP contribution < -0.4 is 4.31 Å². The van der Waals surface area contributed by atoms with Gasteiger partial charge in [0.15, 0.2) is 0 Å². The number of hydrogen-bond donors (Lipinski definition) is 0. The molecule has 0 N–H and O–H groups in total. The zero-order valence-corrected chi connectivity index (χ0v) is 15.0. The Morgan fingerprint density at radius 2 is 1.65 bits per heavy atom. The van der Waals surface area contributed by atoms with Crippen molar-refractivity contribution in [3.05, 3.63) is 53.1 Å². The first-order chi connectivity index (χ1) is 10.8. The Morgan fingerprint density at radius 1 is 1.04 bits per heavy atom. The third-order valence-corrected chi connectivity index (χ3v) is 7.52. The fourth-order valence-electron chi connectivity index (χ4n) is 3.19. The summed E-state index contributed by atoms with van der Waals surface area (Å²) >= 11 is 0. The van der Waals surface area contributed by atoms with Crippen molar-refractivity contribution in [1.29, 1.82) is 0 Å². The molecule has 0 amide bonds. The Morgan fingerprint density at radius 3 is 2.30 bits per heavy atom. The molecule has 2 aromatic rings. The van der Waals surface area contributed by atoms with Crippen molar-refractivity contribution < 1.29 is 12.6 Å². The Hall–Kier alpha value is -1.66. The van der Waals surface area contributed by atoms with E-state index in [1.165, 1.54) is 4.31 Å². The van der Waals surface area contributed by atoms with Crippen molar-refractivity contribution in [2.24, 2.45) is 0 Å². The van der Waals surface area contributed by atoms with Gasteiger partial charge in [0.05, 0.1) is 26.3 Å². The van der Waals surface area contributed by atoms with Crippen LogP contribution in [0.15, 0.2) is 46.2 Å². The zero-order valence-electron chi connectivity index (χ0n) is 13.4. The molecule has 0 saturated carbocycles. The van der Waals surface area contributed by atoms with E-state index >= 15 is 0 Å². The standard InChI is InChI=1S/C17H19NO3S2/c1-12-10-13(2)17(14(3)11-12)23(20,21)18-8-9-22(19)16-7-5-4-6-15(16)18/h4-7,10-11H,8-9H2,1-3H3. The maximum absolute atomic E-state index is 13.2. The van der Waals surface area contributed by atoms with Crippen LogP contribution in [-0.4, -0.2) is 24.9 Å². The molecule has 122 valence electrons. The van der Waals surface area contributed by atoms with Crippen LogP contribution in [0.25, 0.3) is 0 Å². The highest BCUT2D eigenvalue weighted by molar-refractivity contribution is 7.93. The second kappa shape index (κ2) is 5.76. The van der Waals surface area contributed by atoms with Gasteiger partial charge in [0.25, 0.3) is 10.0 Å². The summed E-state index contributed by atoms with van der Waals surface area (Å²) in [7, 11) is -4.83. The van der Waals surface area contributed by atoms with Crippen molar-refractivity contribution in [2.45, 2.75) is 30.6 Å². The lowest BCUT2D eigenvalue weighted by molar-refractivity contribution is 0.589. The van der Waals surface area contributed by atoms with Gasteiger partial charge in [-0.3, -0.25) is 8.51 Å². The first-order valence-electron chi connectivity index (χ1n) is 7.40. The average Bonchev–Trinajstić information content (AvgIpc) is 2.46.